The minimum atomic E-state index is -1.20. The Morgan fingerprint density at radius 1 is 1.43 bits per heavy atom. The number of hydrogen-bond acceptors (Lipinski definition) is 3. The first-order chi connectivity index (χ1) is 6.74. The van der Waals surface area contributed by atoms with E-state index in [9.17, 15) is 4.21 Å². The number of allylic oxidation sites excluding steroid dienone is 1. The van der Waals surface area contributed by atoms with E-state index in [4.69, 9.17) is 5.21 Å². The van der Waals surface area contributed by atoms with Gasteiger partial charge in [0.15, 0.2) is 0 Å². The Balaban J connectivity index is 2.52. The lowest BCUT2D eigenvalue weighted by Crippen LogP contribution is -2.00. The van der Waals surface area contributed by atoms with Crippen LogP contribution in [0.15, 0.2) is 39.2 Å². The van der Waals surface area contributed by atoms with Crippen molar-refractivity contribution >= 4 is 22.6 Å². The fraction of sp³-hybridized carbons (Fsp3) is 0.100. The lowest BCUT2D eigenvalue weighted by atomic mass is 10.2. The van der Waals surface area contributed by atoms with Crippen LogP contribution in [0.25, 0.3) is 6.08 Å². The zero-order valence-electron chi connectivity index (χ0n) is 7.60. The van der Waals surface area contributed by atoms with Gasteiger partial charge >= 0.3 is 0 Å². The topological polar surface area (TPSA) is 49.7 Å². The van der Waals surface area contributed by atoms with Gasteiger partial charge in [-0.1, -0.05) is 23.4 Å². The number of oxime groups is 1. The second-order valence-corrected chi connectivity index (χ2v) is 4.42. The number of rotatable bonds is 1. The van der Waals surface area contributed by atoms with Gasteiger partial charge in [0.1, 0.15) is 0 Å². The smallest absolute Gasteiger partial charge is 0.0929 e. The number of hydrogen-bond donors (Lipinski definition) is 1. The highest BCUT2D eigenvalue weighted by atomic mass is 32.2. The zero-order chi connectivity index (χ0) is 10.1. The first-order valence-corrected chi connectivity index (χ1v) is 5.30. The summed E-state index contributed by atoms with van der Waals surface area (Å²) in [5.74, 6) is 0. The van der Waals surface area contributed by atoms with Crippen molar-refractivity contribution < 1.29 is 9.42 Å². The van der Waals surface area contributed by atoms with Gasteiger partial charge in [0.25, 0.3) is 0 Å². The fourth-order valence-electron chi connectivity index (χ4n) is 1.37. The van der Waals surface area contributed by atoms with Crippen molar-refractivity contribution in [1.29, 1.82) is 0 Å². The summed E-state index contributed by atoms with van der Waals surface area (Å²) in [6.07, 6.45) is 1.79. The Labute approximate surface area is 84.2 Å². The molecule has 0 aromatic heterocycles. The van der Waals surface area contributed by atoms with E-state index < -0.39 is 10.8 Å². The van der Waals surface area contributed by atoms with Gasteiger partial charge in [-0.3, -0.25) is 0 Å². The second kappa shape index (κ2) is 3.38. The summed E-state index contributed by atoms with van der Waals surface area (Å²) < 4.78 is 11.8. The molecule has 1 aromatic carbocycles. The van der Waals surface area contributed by atoms with Crippen molar-refractivity contribution in [1.82, 2.24) is 0 Å². The standard InChI is InChI=1S/C10H9NO2S/c1-7(11-12)10-6-8-4-2-3-5-9(8)14(10)13/h2-6,12H,1H3. The van der Waals surface area contributed by atoms with E-state index in [1.807, 2.05) is 24.3 Å². The van der Waals surface area contributed by atoms with Crippen LogP contribution in [0.2, 0.25) is 0 Å². The Morgan fingerprint density at radius 2 is 2.14 bits per heavy atom. The molecule has 0 radical (unpaired) electrons. The molecular weight excluding hydrogens is 198 g/mol. The highest BCUT2D eigenvalue weighted by molar-refractivity contribution is 7.90. The Bertz CT molecular complexity index is 463. The Morgan fingerprint density at radius 3 is 2.79 bits per heavy atom. The average molecular weight is 207 g/mol. The predicted molar refractivity (Wildman–Crippen MR) is 55.7 cm³/mol. The van der Waals surface area contributed by atoms with Gasteiger partial charge in [0.05, 0.1) is 26.3 Å². The van der Waals surface area contributed by atoms with Gasteiger partial charge < -0.3 is 5.21 Å². The molecule has 0 amide bonds. The molecule has 2 rings (SSSR count). The van der Waals surface area contributed by atoms with Crippen LogP contribution in [0.4, 0.5) is 0 Å². The molecule has 3 nitrogen and oxygen atoms in total. The molecule has 1 aliphatic rings. The average Bonchev–Trinajstić information content (AvgIpc) is 2.56. The largest absolute Gasteiger partial charge is 0.411 e. The molecule has 0 fully saturated rings. The molecule has 1 heterocycles. The van der Waals surface area contributed by atoms with Crippen molar-refractivity contribution in [2.24, 2.45) is 5.16 Å². The van der Waals surface area contributed by atoms with Gasteiger partial charge in [0, 0.05) is 0 Å². The van der Waals surface area contributed by atoms with Crippen LogP contribution < -0.4 is 0 Å². The molecule has 1 aliphatic heterocycles. The van der Waals surface area contributed by atoms with Crippen molar-refractivity contribution in [2.45, 2.75) is 11.8 Å². The van der Waals surface area contributed by atoms with Gasteiger partial charge in [-0.15, -0.1) is 0 Å². The van der Waals surface area contributed by atoms with Crippen LogP contribution in [0.1, 0.15) is 12.5 Å². The van der Waals surface area contributed by atoms with Gasteiger partial charge in [-0.25, -0.2) is 4.21 Å². The lowest BCUT2D eigenvalue weighted by molar-refractivity contribution is 0.319. The molecule has 1 atom stereocenters. The summed E-state index contributed by atoms with van der Waals surface area (Å²) >= 11 is 0. The number of benzene rings is 1. The molecular formula is C10H9NO2S. The maximum absolute atomic E-state index is 11.8. The summed E-state index contributed by atoms with van der Waals surface area (Å²) in [7, 11) is -1.20. The summed E-state index contributed by atoms with van der Waals surface area (Å²) in [4.78, 5) is 1.36. The second-order valence-electron chi connectivity index (χ2n) is 3.00. The zero-order valence-corrected chi connectivity index (χ0v) is 8.41. The van der Waals surface area contributed by atoms with Crippen molar-refractivity contribution in [3.05, 3.63) is 34.7 Å². The van der Waals surface area contributed by atoms with Gasteiger partial charge in [-0.05, 0) is 24.6 Å². The first kappa shape index (κ1) is 9.15. The minimum absolute atomic E-state index is 0.402. The maximum atomic E-state index is 11.8. The third kappa shape index (κ3) is 1.28. The molecule has 0 aliphatic carbocycles. The molecule has 0 spiro atoms. The summed E-state index contributed by atoms with van der Waals surface area (Å²) in [6.45, 7) is 1.63. The van der Waals surface area contributed by atoms with Crippen LogP contribution in [0.3, 0.4) is 0 Å². The third-order valence-electron chi connectivity index (χ3n) is 2.11. The fourth-order valence-corrected chi connectivity index (χ4v) is 2.69. The highest BCUT2D eigenvalue weighted by Gasteiger charge is 2.22. The monoisotopic (exact) mass is 207 g/mol. The SMILES string of the molecule is CC(=NO)C1=Cc2ccccc2S1=O. The molecule has 4 heteroatoms. The van der Waals surface area contributed by atoms with E-state index in [-0.39, 0.29) is 0 Å². The molecule has 1 aromatic rings. The first-order valence-electron chi connectivity index (χ1n) is 4.15. The quantitative estimate of drug-likeness (QED) is 0.435. The van der Waals surface area contributed by atoms with Crippen LogP contribution in [-0.2, 0) is 10.8 Å². The Kier molecular flexibility index (Phi) is 2.21. The van der Waals surface area contributed by atoms with Crippen molar-refractivity contribution in [2.75, 3.05) is 0 Å². The van der Waals surface area contributed by atoms with Crippen molar-refractivity contribution in [3.63, 3.8) is 0 Å². The Hall–Kier alpha value is -1.42. The summed E-state index contributed by atoms with van der Waals surface area (Å²) in [5.41, 5.74) is 1.34. The summed E-state index contributed by atoms with van der Waals surface area (Å²) in [6, 6.07) is 7.45. The molecule has 0 bridgehead atoms. The number of nitrogens with zero attached hydrogens (tertiary/aromatic N) is 1. The van der Waals surface area contributed by atoms with Crippen LogP contribution in [0.5, 0.6) is 0 Å². The molecule has 0 saturated carbocycles. The predicted octanol–water partition coefficient (Wildman–Crippen LogP) is 2.00. The molecule has 1 N–H and O–H groups in total. The van der Waals surface area contributed by atoms with E-state index in [1.54, 1.807) is 13.0 Å². The van der Waals surface area contributed by atoms with Gasteiger partial charge in [0.2, 0.25) is 0 Å². The lowest BCUT2D eigenvalue weighted by Gasteiger charge is -1.98. The van der Waals surface area contributed by atoms with E-state index >= 15 is 0 Å². The van der Waals surface area contributed by atoms with Gasteiger partial charge in [-0.2, -0.15) is 0 Å². The van der Waals surface area contributed by atoms with E-state index in [0.717, 1.165) is 10.5 Å². The number of fused-ring (bicyclic) bond motifs is 1. The van der Waals surface area contributed by atoms with E-state index in [1.165, 1.54) is 0 Å². The molecule has 0 saturated heterocycles. The van der Waals surface area contributed by atoms with Crippen LogP contribution in [0, 0.1) is 0 Å². The third-order valence-corrected chi connectivity index (χ3v) is 3.70. The van der Waals surface area contributed by atoms with E-state index in [2.05, 4.69) is 5.16 Å². The normalized spacial score (nSPS) is 20.5. The van der Waals surface area contributed by atoms with Crippen molar-refractivity contribution in [3.8, 4) is 0 Å². The highest BCUT2D eigenvalue weighted by Crippen LogP contribution is 2.29. The summed E-state index contributed by atoms with van der Waals surface area (Å²) in [5, 5.41) is 11.7. The maximum Gasteiger partial charge on any atom is 0.0929 e. The minimum Gasteiger partial charge on any atom is -0.411 e. The molecule has 72 valence electrons. The van der Waals surface area contributed by atoms with E-state index in [0.29, 0.717) is 10.6 Å². The molecule has 1 unspecified atom stereocenters. The van der Waals surface area contributed by atoms with Crippen LogP contribution in [-0.4, -0.2) is 15.1 Å². The molecule has 14 heavy (non-hydrogen) atoms. The van der Waals surface area contributed by atoms with Crippen LogP contribution >= 0.6 is 0 Å².